The normalized spacial score (nSPS) is 14.7. The van der Waals surface area contributed by atoms with Gasteiger partial charge in [-0.3, -0.25) is 9.48 Å². The van der Waals surface area contributed by atoms with E-state index in [0.29, 0.717) is 6.54 Å². The maximum absolute atomic E-state index is 12.5. The van der Waals surface area contributed by atoms with E-state index in [-0.39, 0.29) is 11.8 Å². The zero-order chi connectivity index (χ0) is 19.2. The van der Waals surface area contributed by atoms with Crippen molar-refractivity contribution < 1.29 is 4.79 Å². The third kappa shape index (κ3) is 4.50. The van der Waals surface area contributed by atoms with Crippen LogP contribution in [-0.2, 0) is 17.9 Å². The Kier molecular flexibility index (Phi) is 5.86. The van der Waals surface area contributed by atoms with E-state index >= 15 is 0 Å². The molecule has 1 saturated carbocycles. The number of amides is 1. The highest BCUT2D eigenvalue weighted by atomic mass is 16.1. The smallest absolute Gasteiger partial charge is 0.223 e. The van der Waals surface area contributed by atoms with Gasteiger partial charge in [0, 0.05) is 24.9 Å². The van der Waals surface area contributed by atoms with E-state index < -0.39 is 0 Å². The van der Waals surface area contributed by atoms with Gasteiger partial charge < -0.3 is 5.32 Å². The van der Waals surface area contributed by atoms with Crippen LogP contribution < -0.4 is 5.32 Å². The van der Waals surface area contributed by atoms with Crippen LogP contribution in [0.1, 0.15) is 43.2 Å². The molecule has 0 saturated heterocycles. The Bertz CT molecular complexity index is 894. The van der Waals surface area contributed by atoms with Gasteiger partial charge in [-0.1, -0.05) is 67.8 Å². The molecule has 0 atom stereocenters. The quantitative estimate of drug-likeness (QED) is 0.675. The first-order valence-corrected chi connectivity index (χ1v) is 10.2. The van der Waals surface area contributed by atoms with Crippen molar-refractivity contribution in [3.8, 4) is 11.1 Å². The average Bonchev–Trinajstić information content (AvgIpc) is 3.26. The topological polar surface area (TPSA) is 46.9 Å². The lowest BCUT2D eigenvalue weighted by Gasteiger charge is -2.21. The molecule has 1 aromatic heterocycles. The van der Waals surface area contributed by atoms with Crippen LogP contribution in [0.25, 0.3) is 11.1 Å². The van der Waals surface area contributed by atoms with E-state index in [4.69, 9.17) is 0 Å². The maximum atomic E-state index is 12.5. The lowest BCUT2D eigenvalue weighted by Crippen LogP contribution is -2.31. The molecule has 4 heteroatoms. The molecule has 1 aliphatic carbocycles. The van der Waals surface area contributed by atoms with Crippen LogP contribution in [0.2, 0.25) is 0 Å². The number of hydrogen-bond acceptors (Lipinski definition) is 2. The van der Waals surface area contributed by atoms with Crippen molar-refractivity contribution in [2.45, 2.75) is 45.2 Å². The molecule has 28 heavy (non-hydrogen) atoms. The number of rotatable bonds is 6. The van der Waals surface area contributed by atoms with Crippen molar-refractivity contribution in [3.05, 3.63) is 78.1 Å². The highest BCUT2D eigenvalue weighted by Gasteiger charge is 2.20. The summed E-state index contributed by atoms with van der Waals surface area (Å²) in [5.41, 5.74) is 4.73. The Morgan fingerprint density at radius 1 is 1.00 bits per heavy atom. The van der Waals surface area contributed by atoms with Gasteiger partial charge in [-0.25, -0.2) is 0 Å². The Morgan fingerprint density at radius 2 is 1.79 bits per heavy atom. The molecule has 4 rings (SSSR count). The number of benzene rings is 2. The molecule has 4 nitrogen and oxygen atoms in total. The second kappa shape index (κ2) is 8.87. The van der Waals surface area contributed by atoms with Crippen molar-refractivity contribution in [1.29, 1.82) is 0 Å². The van der Waals surface area contributed by atoms with E-state index in [0.717, 1.165) is 24.9 Å². The third-order valence-corrected chi connectivity index (χ3v) is 5.62. The van der Waals surface area contributed by atoms with Gasteiger partial charge in [-0.2, -0.15) is 5.10 Å². The Labute approximate surface area is 166 Å². The van der Waals surface area contributed by atoms with Gasteiger partial charge in [0.05, 0.1) is 6.54 Å². The number of nitrogens with one attached hydrogen (secondary N) is 1. The highest BCUT2D eigenvalue weighted by Crippen LogP contribution is 2.26. The van der Waals surface area contributed by atoms with Crippen LogP contribution >= 0.6 is 0 Å². The number of nitrogens with zero attached hydrogens (tertiary/aromatic N) is 2. The van der Waals surface area contributed by atoms with E-state index in [2.05, 4.69) is 52.9 Å². The fourth-order valence-corrected chi connectivity index (χ4v) is 4.02. The van der Waals surface area contributed by atoms with Gasteiger partial charge in [0.25, 0.3) is 0 Å². The lowest BCUT2D eigenvalue weighted by molar-refractivity contribution is -0.126. The van der Waals surface area contributed by atoms with Crippen molar-refractivity contribution in [1.82, 2.24) is 15.1 Å². The third-order valence-electron chi connectivity index (χ3n) is 5.62. The maximum Gasteiger partial charge on any atom is 0.223 e. The predicted octanol–water partition coefficient (Wildman–Crippen LogP) is 4.79. The van der Waals surface area contributed by atoms with Crippen LogP contribution in [0.4, 0.5) is 0 Å². The van der Waals surface area contributed by atoms with Crippen molar-refractivity contribution in [2.75, 3.05) is 0 Å². The standard InChI is InChI=1S/C24H27N3O/c28-24(21-7-2-1-3-8-21)25-17-22-9-4-5-10-23(22)20-13-11-19(12-14-20)18-27-16-6-15-26-27/h4-6,9-16,21H,1-3,7-8,17-18H2,(H,25,28). The summed E-state index contributed by atoms with van der Waals surface area (Å²) in [6.07, 6.45) is 9.46. The first-order chi connectivity index (χ1) is 13.8. The molecule has 3 aromatic rings. The molecule has 1 amide bonds. The zero-order valence-electron chi connectivity index (χ0n) is 16.2. The molecular formula is C24H27N3O. The molecule has 144 valence electrons. The molecule has 0 bridgehead atoms. The molecule has 0 aliphatic heterocycles. The predicted molar refractivity (Wildman–Crippen MR) is 112 cm³/mol. The molecule has 0 spiro atoms. The molecule has 0 unspecified atom stereocenters. The Balaban J connectivity index is 1.44. The second-order valence-electron chi connectivity index (χ2n) is 7.61. The minimum atomic E-state index is 0.197. The van der Waals surface area contributed by atoms with Gasteiger partial charge in [-0.15, -0.1) is 0 Å². The van der Waals surface area contributed by atoms with Gasteiger partial charge in [0.2, 0.25) is 5.91 Å². The van der Waals surface area contributed by atoms with E-state index in [1.165, 1.54) is 36.0 Å². The van der Waals surface area contributed by atoms with Gasteiger partial charge >= 0.3 is 0 Å². The molecule has 1 N–H and O–H groups in total. The molecule has 0 radical (unpaired) electrons. The fraction of sp³-hybridized carbons (Fsp3) is 0.333. The number of carbonyl (C=O) groups is 1. The first kappa shape index (κ1) is 18.5. The molecule has 2 aromatic carbocycles. The largest absolute Gasteiger partial charge is 0.352 e. The molecule has 1 heterocycles. The van der Waals surface area contributed by atoms with Crippen LogP contribution in [0.5, 0.6) is 0 Å². The van der Waals surface area contributed by atoms with E-state index in [1.807, 2.05) is 23.0 Å². The summed E-state index contributed by atoms with van der Waals surface area (Å²) >= 11 is 0. The minimum absolute atomic E-state index is 0.197. The lowest BCUT2D eigenvalue weighted by atomic mass is 9.88. The SMILES string of the molecule is O=C(NCc1ccccc1-c1ccc(Cn2cccn2)cc1)C1CCCCC1. The zero-order valence-corrected chi connectivity index (χ0v) is 16.2. The van der Waals surface area contributed by atoms with Gasteiger partial charge in [0.1, 0.15) is 0 Å². The number of carbonyl (C=O) groups excluding carboxylic acids is 1. The Hall–Kier alpha value is -2.88. The number of aromatic nitrogens is 2. The van der Waals surface area contributed by atoms with E-state index in [9.17, 15) is 4.79 Å². The van der Waals surface area contributed by atoms with Crippen LogP contribution in [0.15, 0.2) is 67.0 Å². The first-order valence-electron chi connectivity index (χ1n) is 10.2. The number of hydrogen-bond donors (Lipinski definition) is 1. The monoisotopic (exact) mass is 373 g/mol. The summed E-state index contributed by atoms with van der Waals surface area (Å²) in [6, 6.07) is 18.9. The second-order valence-corrected chi connectivity index (χ2v) is 7.61. The summed E-state index contributed by atoms with van der Waals surface area (Å²) in [7, 11) is 0. The summed E-state index contributed by atoms with van der Waals surface area (Å²) < 4.78 is 1.92. The summed E-state index contributed by atoms with van der Waals surface area (Å²) in [5, 5.41) is 7.43. The summed E-state index contributed by atoms with van der Waals surface area (Å²) in [5.74, 6) is 0.409. The average molecular weight is 374 g/mol. The van der Waals surface area contributed by atoms with Crippen LogP contribution in [0.3, 0.4) is 0 Å². The summed E-state index contributed by atoms with van der Waals surface area (Å²) in [6.45, 7) is 1.35. The van der Waals surface area contributed by atoms with Crippen LogP contribution in [0, 0.1) is 5.92 Å². The van der Waals surface area contributed by atoms with Crippen molar-refractivity contribution in [2.24, 2.45) is 5.92 Å². The van der Waals surface area contributed by atoms with Crippen molar-refractivity contribution >= 4 is 5.91 Å². The minimum Gasteiger partial charge on any atom is -0.352 e. The van der Waals surface area contributed by atoms with E-state index in [1.54, 1.807) is 6.20 Å². The van der Waals surface area contributed by atoms with Crippen LogP contribution in [-0.4, -0.2) is 15.7 Å². The molecule has 1 fully saturated rings. The van der Waals surface area contributed by atoms with Gasteiger partial charge in [0.15, 0.2) is 0 Å². The summed E-state index contributed by atoms with van der Waals surface area (Å²) in [4.78, 5) is 12.5. The fourth-order valence-electron chi connectivity index (χ4n) is 4.02. The van der Waals surface area contributed by atoms with Gasteiger partial charge in [-0.05, 0) is 41.2 Å². The Morgan fingerprint density at radius 3 is 2.54 bits per heavy atom. The highest BCUT2D eigenvalue weighted by molar-refractivity contribution is 5.79. The molecular weight excluding hydrogens is 346 g/mol. The molecule has 1 aliphatic rings. The van der Waals surface area contributed by atoms with Crippen molar-refractivity contribution in [3.63, 3.8) is 0 Å².